The summed E-state index contributed by atoms with van der Waals surface area (Å²) in [6.45, 7) is 2.36. The van der Waals surface area contributed by atoms with Gasteiger partial charge in [-0.15, -0.1) is 0 Å². The van der Waals surface area contributed by atoms with Crippen molar-refractivity contribution in [2.75, 3.05) is 6.61 Å². The number of hydrogen-bond donors (Lipinski definition) is 1. The van der Waals surface area contributed by atoms with E-state index in [1.807, 2.05) is 0 Å². The van der Waals surface area contributed by atoms with Crippen molar-refractivity contribution in [1.82, 2.24) is 0 Å². The summed E-state index contributed by atoms with van der Waals surface area (Å²) in [7, 11) is 0. The molecule has 0 fully saturated rings. The Balaban J connectivity index is 3.03. The van der Waals surface area contributed by atoms with E-state index < -0.39 is 0 Å². The molecule has 1 nitrogen and oxygen atoms in total. The number of rotatable bonds is 3. The second kappa shape index (κ2) is 5.56. The summed E-state index contributed by atoms with van der Waals surface area (Å²) in [5.41, 5.74) is 0. The maximum atomic E-state index is 8.35. The maximum Gasteiger partial charge on any atom is 0.0433 e. The van der Waals surface area contributed by atoms with Gasteiger partial charge in [-0.05, 0) is 45.9 Å². The molecule has 0 heterocycles. The van der Waals surface area contributed by atoms with Crippen LogP contribution in [0.2, 0.25) is 0 Å². The first-order valence-corrected chi connectivity index (χ1v) is 3.78. The molecule has 0 aromatic heterocycles. The van der Waals surface area contributed by atoms with Gasteiger partial charge in [0.05, 0.1) is 0 Å². The van der Waals surface area contributed by atoms with Gasteiger partial charge in [-0.25, -0.2) is 0 Å². The summed E-state index contributed by atoms with van der Waals surface area (Å²) in [5.74, 6) is 0. The predicted molar refractivity (Wildman–Crippen MR) is 44.1 cm³/mol. The Morgan fingerprint density at radius 3 is 2.75 bits per heavy atom. The molecule has 8 heavy (non-hydrogen) atoms. The largest absolute Gasteiger partial charge is 0.396 e. The van der Waals surface area contributed by atoms with E-state index in [4.69, 9.17) is 5.11 Å². The van der Waals surface area contributed by atoms with Crippen LogP contribution in [0.1, 0.15) is 19.8 Å². The second-order valence-corrected chi connectivity index (χ2v) is 3.36. The first-order chi connectivity index (χ1) is 3.77. The molecule has 0 unspecified atom stereocenters. The predicted octanol–water partition coefficient (Wildman–Crippen LogP) is 2.10. The van der Waals surface area contributed by atoms with Gasteiger partial charge in [0.25, 0.3) is 0 Å². The number of halogens is 1. The Morgan fingerprint density at radius 1 is 1.75 bits per heavy atom. The van der Waals surface area contributed by atoms with Crippen LogP contribution >= 0.6 is 22.6 Å². The van der Waals surface area contributed by atoms with Crippen LogP contribution in [0, 0.1) is 0 Å². The molecule has 0 spiro atoms. The SMILES string of the molecule is CC(I)=CCCCO. The molecular weight excluding hydrogens is 215 g/mol. The number of aliphatic hydroxyl groups excluding tert-OH is 1. The second-order valence-electron chi connectivity index (χ2n) is 1.66. The molecule has 0 aromatic carbocycles. The van der Waals surface area contributed by atoms with Crippen molar-refractivity contribution in [2.45, 2.75) is 19.8 Å². The first-order valence-electron chi connectivity index (χ1n) is 2.70. The van der Waals surface area contributed by atoms with E-state index in [9.17, 15) is 0 Å². The molecule has 0 atom stereocenters. The Kier molecular flexibility index (Phi) is 5.86. The third-order valence-corrected chi connectivity index (χ3v) is 1.23. The van der Waals surface area contributed by atoms with Crippen LogP contribution in [-0.2, 0) is 0 Å². The molecule has 0 radical (unpaired) electrons. The van der Waals surface area contributed by atoms with Crippen LogP contribution < -0.4 is 0 Å². The summed E-state index contributed by atoms with van der Waals surface area (Å²) in [6.07, 6.45) is 4.02. The monoisotopic (exact) mass is 226 g/mol. The Bertz CT molecular complexity index is 74.6. The lowest BCUT2D eigenvalue weighted by Gasteiger charge is -1.87. The van der Waals surface area contributed by atoms with Crippen LogP contribution in [0.3, 0.4) is 0 Å². The molecule has 0 aromatic rings. The first kappa shape index (κ1) is 8.43. The average Bonchev–Trinajstić information content (AvgIpc) is 1.66. The highest BCUT2D eigenvalue weighted by atomic mass is 127. The number of allylic oxidation sites excluding steroid dienone is 2. The van der Waals surface area contributed by atoms with E-state index in [-0.39, 0.29) is 0 Å². The van der Waals surface area contributed by atoms with Crippen LogP contribution in [-0.4, -0.2) is 11.7 Å². The van der Waals surface area contributed by atoms with Gasteiger partial charge in [-0.1, -0.05) is 6.08 Å². The topological polar surface area (TPSA) is 20.2 Å². The van der Waals surface area contributed by atoms with E-state index >= 15 is 0 Å². The zero-order chi connectivity index (χ0) is 6.41. The maximum absolute atomic E-state index is 8.35. The zero-order valence-electron chi connectivity index (χ0n) is 5.02. The Morgan fingerprint density at radius 2 is 2.38 bits per heavy atom. The summed E-state index contributed by atoms with van der Waals surface area (Å²) in [5, 5.41) is 8.35. The van der Waals surface area contributed by atoms with Gasteiger partial charge in [0, 0.05) is 6.61 Å². The van der Waals surface area contributed by atoms with Crippen molar-refractivity contribution in [1.29, 1.82) is 0 Å². The lowest BCUT2D eigenvalue weighted by atomic mass is 10.3. The highest BCUT2D eigenvalue weighted by Gasteiger charge is 1.79. The van der Waals surface area contributed by atoms with Crippen molar-refractivity contribution in [3.05, 3.63) is 9.66 Å². The Hall–Kier alpha value is 0.430. The molecule has 0 rings (SSSR count). The lowest BCUT2D eigenvalue weighted by molar-refractivity contribution is 0.289. The summed E-state index contributed by atoms with van der Waals surface area (Å²) in [6, 6.07) is 0. The van der Waals surface area contributed by atoms with Crippen molar-refractivity contribution < 1.29 is 5.11 Å². The fraction of sp³-hybridized carbons (Fsp3) is 0.667. The van der Waals surface area contributed by atoms with Crippen molar-refractivity contribution in [3.8, 4) is 0 Å². The van der Waals surface area contributed by atoms with E-state index in [1.165, 1.54) is 3.58 Å². The zero-order valence-corrected chi connectivity index (χ0v) is 7.18. The number of unbranched alkanes of at least 4 members (excludes halogenated alkanes) is 1. The van der Waals surface area contributed by atoms with Crippen molar-refractivity contribution in [3.63, 3.8) is 0 Å². The molecule has 0 aliphatic heterocycles. The molecule has 0 saturated carbocycles. The Labute approximate surface area is 63.9 Å². The quantitative estimate of drug-likeness (QED) is 0.577. The third-order valence-electron chi connectivity index (χ3n) is 0.788. The van der Waals surface area contributed by atoms with Gasteiger partial charge in [0.2, 0.25) is 0 Å². The lowest BCUT2D eigenvalue weighted by Crippen LogP contribution is -1.78. The minimum absolute atomic E-state index is 0.306. The fourth-order valence-corrected chi connectivity index (χ4v) is 0.704. The minimum Gasteiger partial charge on any atom is -0.396 e. The molecular formula is C6H11IO. The molecule has 0 aliphatic rings. The molecule has 48 valence electrons. The van der Waals surface area contributed by atoms with Gasteiger partial charge in [0.1, 0.15) is 0 Å². The van der Waals surface area contributed by atoms with Gasteiger partial charge < -0.3 is 5.11 Å². The van der Waals surface area contributed by atoms with Gasteiger partial charge >= 0.3 is 0 Å². The molecule has 2 heteroatoms. The standard InChI is InChI=1S/C6H11IO/c1-6(7)4-2-3-5-8/h4,8H,2-3,5H2,1H3. The highest BCUT2D eigenvalue weighted by molar-refractivity contribution is 14.1. The molecule has 0 amide bonds. The van der Waals surface area contributed by atoms with Gasteiger partial charge in [-0.2, -0.15) is 0 Å². The summed E-state index contributed by atoms with van der Waals surface area (Å²) >= 11 is 2.26. The van der Waals surface area contributed by atoms with Gasteiger partial charge in [-0.3, -0.25) is 0 Å². The molecule has 0 bridgehead atoms. The number of hydrogen-bond acceptors (Lipinski definition) is 1. The van der Waals surface area contributed by atoms with E-state index in [0.717, 1.165) is 12.8 Å². The smallest absolute Gasteiger partial charge is 0.0433 e. The van der Waals surface area contributed by atoms with Crippen molar-refractivity contribution >= 4 is 22.6 Å². The average molecular weight is 226 g/mol. The van der Waals surface area contributed by atoms with E-state index in [1.54, 1.807) is 0 Å². The van der Waals surface area contributed by atoms with E-state index in [2.05, 4.69) is 35.6 Å². The fourth-order valence-electron chi connectivity index (χ4n) is 0.392. The molecule has 0 aliphatic carbocycles. The summed E-state index contributed by atoms with van der Waals surface area (Å²) in [4.78, 5) is 0. The number of aliphatic hydroxyl groups is 1. The summed E-state index contributed by atoms with van der Waals surface area (Å²) < 4.78 is 1.30. The third kappa shape index (κ3) is 6.43. The minimum atomic E-state index is 0.306. The van der Waals surface area contributed by atoms with Crippen molar-refractivity contribution in [2.24, 2.45) is 0 Å². The normalized spacial score (nSPS) is 12.1. The van der Waals surface area contributed by atoms with Crippen LogP contribution in [0.4, 0.5) is 0 Å². The van der Waals surface area contributed by atoms with Crippen LogP contribution in [0.5, 0.6) is 0 Å². The van der Waals surface area contributed by atoms with Gasteiger partial charge in [0.15, 0.2) is 0 Å². The molecule has 0 saturated heterocycles. The highest BCUT2D eigenvalue weighted by Crippen LogP contribution is 2.04. The van der Waals surface area contributed by atoms with Crippen LogP contribution in [0.25, 0.3) is 0 Å². The molecule has 1 N–H and O–H groups in total. The van der Waals surface area contributed by atoms with Crippen LogP contribution in [0.15, 0.2) is 9.66 Å². The van der Waals surface area contributed by atoms with E-state index in [0.29, 0.717) is 6.61 Å².